The number of hydrogen-bond donors (Lipinski definition) is 6. The molecule has 0 aliphatic heterocycles. The number of fused-ring (bicyclic) bond motifs is 4. The molecule has 68 heavy (non-hydrogen) atoms. The van der Waals surface area contributed by atoms with Crippen molar-refractivity contribution in [3.8, 4) is 11.5 Å². The van der Waals surface area contributed by atoms with Gasteiger partial charge in [-0.1, -0.05) is 146 Å². The molecule has 0 amide bonds. The SMILES string of the molecule is Oc1ccc(C(O)c2cc3cccc4c5c6c(c(c2)c34)=CC=CC6C(C(O)c2cccc(C(O)c3ccc4c6cccc7cc(C(O)c8ccc(O)cc8)cc(c8cccc3c48)c76)c2)C=C5)cc1. The molecule has 2 aliphatic rings. The molecule has 6 unspecified atom stereocenters. The number of hydrogen-bond acceptors (Lipinski definition) is 6. The predicted molar refractivity (Wildman–Crippen MR) is 273 cm³/mol. The van der Waals surface area contributed by atoms with Gasteiger partial charge < -0.3 is 30.6 Å². The quantitative estimate of drug-likeness (QED) is 0.0668. The van der Waals surface area contributed by atoms with E-state index in [-0.39, 0.29) is 23.3 Å². The Kier molecular flexibility index (Phi) is 9.13. The molecule has 0 bridgehead atoms. The molecule has 0 aromatic heterocycles. The monoisotopic (exact) mass is 884 g/mol. The molecule has 0 fully saturated rings. The van der Waals surface area contributed by atoms with Gasteiger partial charge in [0.15, 0.2) is 0 Å². The number of phenolic OH excluding ortho intramolecular Hbond substituents is 2. The molecule has 0 spiro atoms. The van der Waals surface area contributed by atoms with E-state index in [2.05, 4.69) is 97.1 Å². The van der Waals surface area contributed by atoms with Crippen LogP contribution in [-0.4, -0.2) is 30.6 Å². The van der Waals surface area contributed by atoms with Crippen molar-refractivity contribution < 1.29 is 30.6 Å². The van der Waals surface area contributed by atoms with Gasteiger partial charge >= 0.3 is 0 Å². The first kappa shape index (κ1) is 40.4. The fourth-order valence-electron chi connectivity index (χ4n) is 11.7. The molecular formula is C62H44O6. The van der Waals surface area contributed by atoms with Crippen LogP contribution in [0.4, 0.5) is 0 Å². The Balaban J connectivity index is 0.872. The average molecular weight is 885 g/mol. The van der Waals surface area contributed by atoms with Crippen molar-refractivity contribution in [2.45, 2.75) is 30.3 Å². The number of phenols is 2. The Labute approximate surface area is 390 Å². The molecule has 0 radical (unpaired) electrons. The number of aromatic hydroxyl groups is 2. The molecule has 6 N–H and O–H groups in total. The van der Waals surface area contributed by atoms with Gasteiger partial charge in [0.2, 0.25) is 0 Å². The van der Waals surface area contributed by atoms with Crippen LogP contribution in [0.1, 0.15) is 80.4 Å². The Bertz CT molecular complexity index is 3960. The van der Waals surface area contributed by atoms with E-state index in [1.807, 2.05) is 48.5 Å². The van der Waals surface area contributed by atoms with Gasteiger partial charge in [0.1, 0.15) is 29.8 Å². The van der Waals surface area contributed by atoms with Crippen LogP contribution in [0.3, 0.4) is 0 Å². The number of aliphatic hydroxyl groups is 4. The topological polar surface area (TPSA) is 121 Å². The molecule has 6 nitrogen and oxygen atoms in total. The first-order valence-electron chi connectivity index (χ1n) is 23.1. The first-order valence-corrected chi connectivity index (χ1v) is 23.1. The second-order valence-corrected chi connectivity index (χ2v) is 18.6. The summed E-state index contributed by atoms with van der Waals surface area (Å²) < 4.78 is 0. The summed E-state index contributed by atoms with van der Waals surface area (Å²) in [7, 11) is 0. The van der Waals surface area contributed by atoms with E-state index in [1.165, 1.54) is 0 Å². The Morgan fingerprint density at radius 3 is 1.65 bits per heavy atom. The van der Waals surface area contributed by atoms with Crippen LogP contribution in [0.2, 0.25) is 0 Å². The minimum atomic E-state index is -0.993. The van der Waals surface area contributed by atoms with Crippen molar-refractivity contribution in [1.29, 1.82) is 0 Å². The van der Waals surface area contributed by atoms with Gasteiger partial charge in [0.05, 0.1) is 6.10 Å². The summed E-state index contributed by atoms with van der Waals surface area (Å²) in [5.74, 6) is -0.143. The molecule has 2 aliphatic carbocycles. The van der Waals surface area contributed by atoms with Crippen molar-refractivity contribution in [2.24, 2.45) is 5.92 Å². The van der Waals surface area contributed by atoms with E-state index in [0.717, 1.165) is 97.7 Å². The van der Waals surface area contributed by atoms with Crippen LogP contribution in [-0.2, 0) is 0 Å². The van der Waals surface area contributed by atoms with Crippen LogP contribution in [0.25, 0.3) is 76.8 Å². The van der Waals surface area contributed by atoms with Gasteiger partial charge in [-0.25, -0.2) is 0 Å². The third kappa shape index (κ3) is 6.12. The van der Waals surface area contributed by atoms with Gasteiger partial charge in [-0.2, -0.15) is 0 Å². The summed E-state index contributed by atoms with van der Waals surface area (Å²) in [6.45, 7) is 0. The fourth-order valence-corrected chi connectivity index (χ4v) is 11.7. The summed E-state index contributed by atoms with van der Waals surface area (Å²) in [5, 5.41) is 81.6. The third-order valence-corrected chi connectivity index (χ3v) is 14.9. The van der Waals surface area contributed by atoms with Crippen molar-refractivity contribution in [3.05, 3.63) is 237 Å². The molecule has 11 aromatic carbocycles. The van der Waals surface area contributed by atoms with E-state index >= 15 is 0 Å². The third-order valence-electron chi connectivity index (χ3n) is 14.9. The second kappa shape index (κ2) is 15.4. The van der Waals surface area contributed by atoms with Gasteiger partial charge in [-0.3, -0.25) is 0 Å². The molecule has 6 heteroatoms. The first-order chi connectivity index (χ1) is 33.2. The fraction of sp³-hybridized carbons (Fsp3) is 0.0968. The van der Waals surface area contributed by atoms with E-state index in [4.69, 9.17) is 0 Å². The highest BCUT2D eigenvalue weighted by atomic mass is 16.3. The van der Waals surface area contributed by atoms with E-state index < -0.39 is 24.4 Å². The molecule has 0 heterocycles. The lowest BCUT2D eigenvalue weighted by atomic mass is 9.71. The minimum absolute atomic E-state index is 0.136. The zero-order valence-electron chi connectivity index (χ0n) is 36.6. The zero-order valence-corrected chi connectivity index (χ0v) is 36.6. The van der Waals surface area contributed by atoms with Crippen molar-refractivity contribution in [2.75, 3.05) is 0 Å². The summed E-state index contributed by atoms with van der Waals surface area (Å²) in [4.78, 5) is 0. The summed E-state index contributed by atoms with van der Waals surface area (Å²) in [6.07, 6.45) is 7.04. The predicted octanol–water partition coefficient (Wildman–Crippen LogP) is 12.2. The van der Waals surface area contributed by atoms with Gasteiger partial charge in [-0.05, 0) is 168 Å². The van der Waals surface area contributed by atoms with E-state index in [0.29, 0.717) is 22.3 Å². The van der Waals surface area contributed by atoms with Crippen LogP contribution in [0, 0.1) is 5.92 Å². The normalized spacial score (nSPS) is 17.3. The molecule has 328 valence electrons. The lowest BCUT2D eigenvalue weighted by Gasteiger charge is -2.34. The molecular weight excluding hydrogens is 841 g/mol. The number of benzene rings is 11. The van der Waals surface area contributed by atoms with E-state index in [9.17, 15) is 30.6 Å². The lowest BCUT2D eigenvalue weighted by Crippen LogP contribution is -2.28. The zero-order chi connectivity index (χ0) is 45.9. The Morgan fingerprint density at radius 1 is 0.397 bits per heavy atom. The van der Waals surface area contributed by atoms with Crippen molar-refractivity contribution in [1.82, 2.24) is 0 Å². The van der Waals surface area contributed by atoms with E-state index in [1.54, 1.807) is 48.5 Å². The standard InChI is InChI=1S/C62H44O6/c63-41-20-16-33(17-21-41)59(65)39-28-35-6-2-10-43-49-24-26-51(45-12-4-14-47(57(45)49)53(31-39)55(35)43)61(67)37-8-1-9-38(30-37)62(68)52-27-25-50-44-11-3-7-36-29-40(60(66)34-18-22-42(64)23-19-34)32-54(56(36)44)48-15-5-13-46(52)58(48)50/h1-32,45,51,59-68H. The highest BCUT2D eigenvalue weighted by Crippen LogP contribution is 2.47. The minimum Gasteiger partial charge on any atom is -0.508 e. The van der Waals surface area contributed by atoms with Crippen LogP contribution < -0.4 is 5.22 Å². The van der Waals surface area contributed by atoms with Crippen molar-refractivity contribution in [3.63, 3.8) is 0 Å². The highest BCUT2D eigenvalue weighted by Gasteiger charge is 2.34. The highest BCUT2D eigenvalue weighted by molar-refractivity contribution is 6.33. The maximum atomic E-state index is 12.4. The number of allylic oxidation sites excluding steroid dienone is 2. The van der Waals surface area contributed by atoms with Crippen LogP contribution in [0.5, 0.6) is 11.5 Å². The lowest BCUT2D eigenvalue weighted by molar-refractivity contribution is 0.123. The summed E-state index contributed by atoms with van der Waals surface area (Å²) in [5.41, 5.74) is 7.33. The van der Waals surface area contributed by atoms with Gasteiger partial charge in [0.25, 0.3) is 0 Å². The van der Waals surface area contributed by atoms with Gasteiger partial charge in [0, 0.05) is 11.8 Å². The number of rotatable bonds is 8. The summed E-state index contributed by atoms with van der Waals surface area (Å²) >= 11 is 0. The molecule has 11 aromatic rings. The van der Waals surface area contributed by atoms with Crippen LogP contribution in [0.15, 0.2) is 182 Å². The van der Waals surface area contributed by atoms with Crippen molar-refractivity contribution >= 4 is 76.8 Å². The molecule has 0 saturated heterocycles. The van der Waals surface area contributed by atoms with Gasteiger partial charge in [-0.15, -0.1) is 0 Å². The molecule has 13 rings (SSSR count). The number of aliphatic hydroxyl groups excluding tert-OH is 4. The maximum absolute atomic E-state index is 12.4. The Morgan fingerprint density at radius 2 is 0.956 bits per heavy atom. The Hall–Kier alpha value is -7.84. The van der Waals surface area contributed by atoms with Crippen LogP contribution >= 0.6 is 0 Å². The summed E-state index contributed by atoms with van der Waals surface area (Å²) in [6, 6.07) is 52.2. The molecule has 0 saturated carbocycles. The smallest absolute Gasteiger partial charge is 0.115 e. The second-order valence-electron chi connectivity index (χ2n) is 18.6. The largest absolute Gasteiger partial charge is 0.508 e. The maximum Gasteiger partial charge on any atom is 0.115 e. The average Bonchev–Trinajstić information content (AvgIpc) is 3.38. The molecule has 6 atom stereocenters.